The average Bonchev–Trinajstić information content (AvgIpc) is 2.58. The smallest absolute Gasteiger partial charge is 0.256 e. The molecule has 0 bridgehead atoms. The zero-order valence-electron chi connectivity index (χ0n) is 7.28. The van der Waals surface area contributed by atoms with Gasteiger partial charge in [0.05, 0.1) is 0 Å². The molecule has 3 nitrogen and oxygen atoms in total. The van der Waals surface area contributed by atoms with Crippen LogP contribution in [0.3, 0.4) is 0 Å². The summed E-state index contributed by atoms with van der Waals surface area (Å²) in [5, 5.41) is 0.0909. The van der Waals surface area contributed by atoms with E-state index in [9.17, 15) is 4.79 Å². The van der Waals surface area contributed by atoms with Gasteiger partial charge in [-0.25, -0.2) is 4.98 Å². The first-order chi connectivity index (χ1) is 6.70. The van der Waals surface area contributed by atoms with Crippen LogP contribution in [0.2, 0.25) is 0 Å². The normalized spacial score (nSPS) is 10.7. The number of carbonyl (C=O) groups is 1. The maximum atomic E-state index is 10.9. The lowest BCUT2D eigenvalue weighted by molar-refractivity contribution is 0.108. The highest BCUT2D eigenvalue weighted by molar-refractivity contribution is 7.98. The number of halogens is 1. The van der Waals surface area contributed by atoms with Crippen molar-refractivity contribution in [1.82, 2.24) is 4.98 Å². The minimum absolute atomic E-state index is 0.419. The first-order valence-corrected chi connectivity index (χ1v) is 5.45. The van der Waals surface area contributed by atoms with Crippen LogP contribution in [0.15, 0.2) is 27.8 Å². The molecule has 72 valence electrons. The van der Waals surface area contributed by atoms with E-state index >= 15 is 0 Å². The summed E-state index contributed by atoms with van der Waals surface area (Å²) in [7, 11) is 0. The van der Waals surface area contributed by atoms with Gasteiger partial charge in [-0.2, -0.15) is 0 Å². The second kappa shape index (κ2) is 3.63. The van der Waals surface area contributed by atoms with Gasteiger partial charge in [0.2, 0.25) is 0 Å². The first kappa shape index (κ1) is 9.55. The van der Waals surface area contributed by atoms with Crippen LogP contribution < -0.4 is 0 Å². The van der Waals surface area contributed by atoms with Crippen molar-refractivity contribution in [2.45, 2.75) is 5.22 Å². The van der Waals surface area contributed by atoms with Gasteiger partial charge in [0, 0.05) is 5.56 Å². The van der Waals surface area contributed by atoms with E-state index in [0.29, 0.717) is 16.4 Å². The Kier molecular flexibility index (Phi) is 2.48. The highest BCUT2D eigenvalue weighted by Crippen LogP contribution is 2.22. The van der Waals surface area contributed by atoms with Crippen LogP contribution in [0, 0.1) is 0 Å². The summed E-state index contributed by atoms with van der Waals surface area (Å²) in [6.07, 6.45) is 1.87. The summed E-state index contributed by atoms with van der Waals surface area (Å²) >= 11 is 6.75. The summed E-state index contributed by atoms with van der Waals surface area (Å²) < 4.78 is 5.35. The minimum atomic E-state index is -0.492. The summed E-state index contributed by atoms with van der Waals surface area (Å²) in [4.78, 5) is 15.0. The molecule has 0 saturated carbocycles. The Hall–Kier alpha value is -1.00. The van der Waals surface area contributed by atoms with Gasteiger partial charge in [-0.05, 0) is 36.1 Å². The molecule has 0 fully saturated rings. The molecule has 0 aliphatic heterocycles. The maximum absolute atomic E-state index is 10.9. The van der Waals surface area contributed by atoms with E-state index in [2.05, 4.69) is 4.98 Å². The monoisotopic (exact) mass is 227 g/mol. The largest absolute Gasteiger partial charge is 0.431 e. The van der Waals surface area contributed by atoms with Crippen LogP contribution in [0.25, 0.3) is 11.1 Å². The third-order valence-electron chi connectivity index (χ3n) is 1.77. The van der Waals surface area contributed by atoms with Gasteiger partial charge in [-0.3, -0.25) is 4.79 Å². The molecule has 14 heavy (non-hydrogen) atoms. The fourth-order valence-electron chi connectivity index (χ4n) is 1.11. The van der Waals surface area contributed by atoms with Crippen molar-refractivity contribution in [3.63, 3.8) is 0 Å². The van der Waals surface area contributed by atoms with Crippen molar-refractivity contribution in [2.75, 3.05) is 6.26 Å². The van der Waals surface area contributed by atoms with E-state index in [1.165, 1.54) is 11.8 Å². The Morgan fingerprint density at radius 2 is 2.36 bits per heavy atom. The van der Waals surface area contributed by atoms with Crippen molar-refractivity contribution < 1.29 is 9.21 Å². The van der Waals surface area contributed by atoms with Gasteiger partial charge in [0.15, 0.2) is 5.58 Å². The third-order valence-corrected chi connectivity index (χ3v) is 2.51. The Bertz CT molecular complexity index is 495. The number of hydrogen-bond donors (Lipinski definition) is 0. The lowest BCUT2D eigenvalue weighted by Gasteiger charge is -1.90. The van der Waals surface area contributed by atoms with Crippen molar-refractivity contribution in [1.29, 1.82) is 0 Å². The zero-order chi connectivity index (χ0) is 10.1. The van der Waals surface area contributed by atoms with Gasteiger partial charge in [0.1, 0.15) is 5.52 Å². The molecular formula is C9H6ClNO2S. The molecule has 1 heterocycles. The summed E-state index contributed by atoms with van der Waals surface area (Å²) in [5.41, 5.74) is 1.74. The van der Waals surface area contributed by atoms with Crippen LogP contribution in [0.4, 0.5) is 0 Å². The Labute approximate surface area is 89.4 Å². The van der Waals surface area contributed by atoms with E-state index in [1.807, 2.05) is 6.26 Å². The van der Waals surface area contributed by atoms with Crippen LogP contribution in [0.1, 0.15) is 10.4 Å². The maximum Gasteiger partial charge on any atom is 0.256 e. The molecule has 0 unspecified atom stereocenters. The molecule has 0 amide bonds. The van der Waals surface area contributed by atoms with E-state index in [1.54, 1.807) is 18.2 Å². The van der Waals surface area contributed by atoms with Crippen LogP contribution in [0.5, 0.6) is 0 Å². The van der Waals surface area contributed by atoms with Crippen molar-refractivity contribution in [3.8, 4) is 0 Å². The fourth-order valence-corrected chi connectivity index (χ4v) is 1.59. The molecular weight excluding hydrogens is 222 g/mol. The topological polar surface area (TPSA) is 43.1 Å². The van der Waals surface area contributed by atoms with E-state index in [0.717, 1.165) is 5.52 Å². The van der Waals surface area contributed by atoms with Crippen LogP contribution in [-0.4, -0.2) is 16.5 Å². The molecule has 0 N–H and O–H groups in total. The highest BCUT2D eigenvalue weighted by atomic mass is 35.5. The van der Waals surface area contributed by atoms with Gasteiger partial charge in [-0.15, -0.1) is 0 Å². The predicted molar refractivity (Wildman–Crippen MR) is 56.0 cm³/mol. The van der Waals surface area contributed by atoms with E-state index in [-0.39, 0.29) is 0 Å². The number of hydrogen-bond acceptors (Lipinski definition) is 4. The summed E-state index contributed by atoms with van der Waals surface area (Å²) in [6, 6.07) is 4.94. The van der Waals surface area contributed by atoms with Crippen LogP contribution in [-0.2, 0) is 0 Å². The van der Waals surface area contributed by atoms with Crippen molar-refractivity contribution in [3.05, 3.63) is 23.8 Å². The standard InChI is InChI=1S/C9H6ClNO2S/c1-14-9-11-6-3-2-5(8(10)12)4-7(6)13-9/h2-4H,1H3. The lowest BCUT2D eigenvalue weighted by Crippen LogP contribution is -1.86. The number of carbonyl (C=O) groups excluding carboxylic acids is 1. The Morgan fingerprint density at radius 3 is 3.00 bits per heavy atom. The number of aromatic nitrogens is 1. The molecule has 2 aromatic rings. The molecule has 0 aliphatic carbocycles. The van der Waals surface area contributed by atoms with Gasteiger partial charge in [0.25, 0.3) is 10.5 Å². The highest BCUT2D eigenvalue weighted by Gasteiger charge is 2.08. The second-order valence-corrected chi connectivity index (χ2v) is 3.74. The molecule has 0 aliphatic rings. The van der Waals surface area contributed by atoms with Crippen LogP contribution >= 0.6 is 23.4 Å². The quantitative estimate of drug-likeness (QED) is 0.585. The lowest BCUT2D eigenvalue weighted by atomic mass is 10.2. The molecule has 0 spiro atoms. The number of oxazole rings is 1. The first-order valence-electron chi connectivity index (χ1n) is 3.85. The Morgan fingerprint density at radius 1 is 1.57 bits per heavy atom. The predicted octanol–water partition coefficient (Wildman–Crippen LogP) is 2.93. The Balaban J connectivity index is 2.59. The molecule has 1 aromatic heterocycles. The molecule has 5 heteroatoms. The zero-order valence-corrected chi connectivity index (χ0v) is 8.85. The summed E-state index contributed by atoms with van der Waals surface area (Å²) in [6.45, 7) is 0. The van der Waals surface area contributed by atoms with E-state index in [4.69, 9.17) is 16.0 Å². The van der Waals surface area contributed by atoms with Gasteiger partial charge >= 0.3 is 0 Å². The van der Waals surface area contributed by atoms with Gasteiger partial charge < -0.3 is 4.42 Å². The molecule has 2 rings (SSSR count). The average molecular weight is 228 g/mol. The molecule has 0 saturated heterocycles. The SMILES string of the molecule is CSc1nc2ccc(C(=O)Cl)cc2o1. The number of benzene rings is 1. The van der Waals surface area contributed by atoms with Crippen molar-refractivity contribution in [2.24, 2.45) is 0 Å². The van der Waals surface area contributed by atoms with E-state index < -0.39 is 5.24 Å². The molecule has 0 atom stereocenters. The third kappa shape index (κ3) is 1.63. The number of fused-ring (bicyclic) bond motifs is 1. The molecule has 0 radical (unpaired) electrons. The number of rotatable bonds is 2. The van der Waals surface area contributed by atoms with Gasteiger partial charge in [-0.1, -0.05) is 11.8 Å². The summed E-state index contributed by atoms with van der Waals surface area (Å²) in [5.74, 6) is 0. The fraction of sp³-hybridized carbons (Fsp3) is 0.111. The number of thioether (sulfide) groups is 1. The second-order valence-electron chi connectivity index (χ2n) is 2.64. The molecule has 1 aromatic carbocycles. The van der Waals surface area contributed by atoms with Crippen molar-refractivity contribution >= 4 is 39.7 Å². The number of nitrogens with zero attached hydrogens (tertiary/aromatic N) is 1. The minimum Gasteiger partial charge on any atom is -0.431 e.